The largest absolute Gasteiger partial charge is 0.507 e. The lowest BCUT2D eigenvalue weighted by Crippen LogP contribution is -2.35. The Kier molecular flexibility index (Phi) is 24.4. The number of aromatic hydroxyl groups is 2. The summed E-state index contributed by atoms with van der Waals surface area (Å²) in [5.74, 6) is 0.0307. The van der Waals surface area contributed by atoms with Crippen molar-refractivity contribution in [2.75, 3.05) is 53.3 Å². The van der Waals surface area contributed by atoms with Crippen LogP contribution >= 0.6 is 15.1 Å². The van der Waals surface area contributed by atoms with Crippen LogP contribution in [0.4, 0.5) is 0 Å². The van der Waals surface area contributed by atoms with Gasteiger partial charge in [0.2, 0.25) is 0 Å². The van der Waals surface area contributed by atoms with Gasteiger partial charge >= 0.3 is 33.0 Å². The highest BCUT2D eigenvalue weighted by atomic mass is 31.2. The Morgan fingerprint density at radius 2 is 1.21 bits per heavy atom. The highest BCUT2D eigenvalue weighted by Gasteiger charge is 2.34. The molecule has 4 aromatic rings. The van der Waals surface area contributed by atoms with Crippen molar-refractivity contribution in [2.45, 2.75) is 99.8 Å². The molecule has 420 valence electrons. The van der Waals surface area contributed by atoms with Gasteiger partial charge in [0.1, 0.15) is 65.1 Å². The fourth-order valence-electron chi connectivity index (χ4n) is 8.04. The second-order valence-electron chi connectivity index (χ2n) is 17.9. The van der Waals surface area contributed by atoms with E-state index in [2.05, 4.69) is 9.82 Å². The zero-order chi connectivity index (χ0) is 57.0. The Labute approximate surface area is 449 Å². The average molecular weight is 1110 g/mol. The first-order valence-electron chi connectivity index (χ1n) is 24.8. The van der Waals surface area contributed by atoms with Gasteiger partial charge in [-0.15, -0.1) is 0 Å². The molecule has 0 aromatic heterocycles. The summed E-state index contributed by atoms with van der Waals surface area (Å²) in [5.41, 5.74) is 11.4. The fourth-order valence-corrected chi connectivity index (χ4v) is 10.5. The maximum atomic E-state index is 13.6. The van der Waals surface area contributed by atoms with Crippen LogP contribution in [0.3, 0.4) is 0 Å². The van der Waals surface area contributed by atoms with Crippen LogP contribution in [0.15, 0.2) is 84.0 Å². The lowest BCUT2D eigenvalue weighted by molar-refractivity contribution is -0.145. The van der Waals surface area contributed by atoms with E-state index >= 15 is 0 Å². The van der Waals surface area contributed by atoms with E-state index in [0.717, 1.165) is 27.8 Å². The Balaban J connectivity index is 0.000000295. The SMILES string of the molecule is CCOC(=O)[C@H](C)N.CCOC(=O)[C@H](C)NP(=O)(COC/C(C)=C/Cc1c(O)c2c(c(C)c1OC)COC2=O)Oc1ccccc1.COc1c(C)c2c(c(O)c1C/C=C(\C)COCP(=O)(O)Oc1ccccc1)C(=O)CC2. The van der Waals surface area contributed by atoms with Crippen molar-refractivity contribution < 1.29 is 85.6 Å². The first-order chi connectivity index (χ1) is 36.5. The summed E-state index contributed by atoms with van der Waals surface area (Å²) < 4.78 is 73.3. The lowest BCUT2D eigenvalue weighted by Gasteiger charge is -2.23. The molecule has 22 heteroatoms. The number of Topliss-reactive ketones (excluding diaryl/α,β-unsaturated/α-hetero) is 1. The number of benzene rings is 4. The number of ketones is 1. The number of phenols is 2. The fraction of sp³-hybridized carbons (Fsp3) is 0.418. The van der Waals surface area contributed by atoms with Gasteiger partial charge < -0.3 is 63.0 Å². The maximum Gasteiger partial charge on any atom is 0.402 e. The summed E-state index contributed by atoms with van der Waals surface area (Å²) in [7, 11) is -4.56. The van der Waals surface area contributed by atoms with Crippen LogP contribution in [0.2, 0.25) is 0 Å². The van der Waals surface area contributed by atoms with Crippen molar-refractivity contribution in [3.63, 3.8) is 0 Å². The molecule has 6 rings (SSSR count). The summed E-state index contributed by atoms with van der Waals surface area (Å²) in [4.78, 5) is 56.8. The number of hydrogen-bond donors (Lipinski definition) is 5. The van der Waals surface area contributed by atoms with Gasteiger partial charge in [0.15, 0.2) is 12.1 Å². The van der Waals surface area contributed by atoms with E-state index in [4.69, 9.17) is 43.2 Å². The molecular formula is C55H72N2O18P2. The number of esters is 3. The molecule has 1 aliphatic heterocycles. The van der Waals surface area contributed by atoms with Crippen molar-refractivity contribution in [2.24, 2.45) is 5.73 Å². The van der Waals surface area contributed by atoms with E-state index in [1.54, 1.807) is 95.5 Å². The minimum Gasteiger partial charge on any atom is -0.507 e. The second kappa shape index (κ2) is 29.9. The normalized spacial score (nSPS) is 15.1. The quantitative estimate of drug-likeness (QED) is 0.0189. The molecule has 0 amide bonds. The summed E-state index contributed by atoms with van der Waals surface area (Å²) in [6.45, 7) is 14.8. The Bertz CT molecular complexity index is 2850. The van der Waals surface area contributed by atoms with E-state index in [1.807, 2.05) is 39.8 Å². The summed E-state index contributed by atoms with van der Waals surface area (Å²) in [6, 6.07) is 15.6. The first kappa shape index (κ1) is 63.0. The van der Waals surface area contributed by atoms with Gasteiger partial charge in [-0.2, -0.15) is 0 Å². The number of nitrogens with two attached hydrogens (primary N) is 1. The molecule has 0 saturated heterocycles. The third-order valence-electron chi connectivity index (χ3n) is 11.8. The number of hydrogen-bond acceptors (Lipinski definition) is 18. The van der Waals surface area contributed by atoms with Gasteiger partial charge in [0, 0.05) is 23.1 Å². The summed E-state index contributed by atoms with van der Waals surface area (Å²) in [5, 5.41) is 24.2. The monoisotopic (exact) mass is 1110 g/mol. The van der Waals surface area contributed by atoms with Gasteiger partial charge in [-0.25, -0.2) is 14.4 Å². The lowest BCUT2D eigenvalue weighted by atomic mass is 9.95. The smallest absolute Gasteiger partial charge is 0.402 e. The van der Waals surface area contributed by atoms with Crippen LogP contribution in [-0.2, 0) is 68.3 Å². The molecule has 0 saturated carbocycles. The zero-order valence-corrected chi connectivity index (χ0v) is 47.1. The zero-order valence-electron chi connectivity index (χ0n) is 45.3. The number of cyclic esters (lactones) is 1. The van der Waals surface area contributed by atoms with Crippen LogP contribution in [-0.4, -0.2) is 104 Å². The van der Waals surface area contributed by atoms with Crippen LogP contribution < -0.4 is 29.3 Å². The topological polar surface area (TPSA) is 284 Å². The van der Waals surface area contributed by atoms with Crippen molar-refractivity contribution >= 4 is 38.8 Å². The standard InChI is InChI=1S/C27H34NO9P.C23H27O7P.C5H11NO2/c1-6-35-26(30)19(4)28-38(32,37-20-10-8-7-9-11-20)16-34-14-17(2)12-13-21-24(29)23-22(15-36-27(23)31)18(3)25(21)33-5;1-15(13-29-14-31(26,27)30-17-7-5-4-6-8-17)9-10-19-22(25)21-18(11-12-20(21)24)16(2)23(19)28-3;1-3-8-5(7)4(2)6/h7-12,19,29H,6,13-16H2,1-5H3,(H,28,32);4-9,25H,10-14H2,1-3H3,(H,26,27);4H,3,6H2,1-2H3/b17-12+;15-9+;/t19-,38?;;4-/m0.0/s1. The first-order valence-corrected chi connectivity index (χ1v) is 28.3. The minimum atomic E-state index is -3.94. The molecule has 77 heavy (non-hydrogen) atoms. The predicted molar refractivity (Wildman–Crippen MR) is 288 cm³/mol. The van der Waals surface area contributed by atoms with Crippen molar-refractivity contribution in [1.29, 1.82) is 0 Å². The Morgan fingerprint density at radius 1 is 0.727 bits per heavy atom. The number of phenolic OH excluding ortho intramolecular Hbond substituents is 2. The molecule has 0 bridgehead atoms. The number of fused-ring (bicyclic) bond motifs is 2. The molecule has 6 N–H and O–H groups in total. The van der Waals surface area contributed by atoms with Crippen LogP contribution in [0, 0.1) is 13.8 Å². The maximum absolute atomic E-state index is 13.6. The van der Waals surface area contributed by atoms with Crippen molar-refractivity contribution in [3.05, 3.63) is 128 Å². The van der Waals surface area contributed by atoms with E-state index < -0.39 is 45.5 Å². The molecule has 4 aromatic carbocycles. The van der Waals surface area contributed by atoms with E-state index in [0.29, 0.717) is 71.1 Å². The van der Waals surface area contributed by atoms with Gasteiger partial charge in [-0.1, -0.05) is 59.7 Å². The number of methoxy groups -OCH3 is 2. The number of carbonyl (C=O) groups is 4. The molecule has 0 radical (unpaired) electrons. The van der Waals surface area contributed by atoms with Gasteiger partial charge in [-0.05, 0) is 116 Å². The number of nitrogens with one attached hydrogen (secondary N) is 1. The minimum absolute atomic E-state index is 0.0268. The Morgan fingerprint density at radius 3 is 1.70 bits per heavy atom. The molecule has 1 aliphatic carbocycles. The van der Waals surface area contributed by atoms with Crippen LogP contribution in [0.1, 0.15) is 102 Å². The molecule has 2 unspecified atom stereocenters. The number of ether oxygens (including phenoxy) is 7. The third kappa shape index (κ3) is 18.0. The van der Waals surface area contributed by atoms with Gasteiger partial charge in [0.25, 0.3) is 0 Å². The number of allylic oxidation sites excluding steroid dienone is 2. The third-order valence-corrected chi connectivity index (χ3v) is 14.6. The molecule has 0 fully saturated rings. The highest BCUT2D eigenvalue weighted by molar-refractivity contribution is 7.57. The van der Waals surface area contributed by atoms with Crippen LogP contribution in [0.25, 0.3) is 0 Å². The predicted octanol–water partition coefficient (Wildman–Crippen LogP) is 9.12. The van der Waals surface area contributed by atoms with E-state index in [9.17, 15) is 43.4 Å². The number of para-hydroxylation sites is 2. The van der Waals surface area contributed by atoms with Gasteiger partial charge in [-0.3, -0.25) is 18.9 Å². The number of rotatable bonds is 24. The average Bonchev–Trinajstić information content (AvgIpc) is 3.98. The molecule has 20 nitrogen and oxygen atoms in total. The molecule has 0 spiro atoms. The van der Waals surface area contributed by atoms with Gasteiger partial charge in [0.05, 0.1) is 46.2 Å². The van der Waals surface area contributed by atoms with Crippen molar-refractivity contribution in [3.8, 4) is 34.5 Å². The second-order valence-corrected chi connectivity index (χ2v) is 21.7. The molecule has 1 heterocycles. The summed E-state index contributed by atoms with van der Waals surface area (Å²) in [6.07, 6.45) is 4.50. The molecule has 4 atom stereocenters. The molecule has 2 aliphatic rings. The van der Waals surface area contributed by atoms with Crippen molar-refractivity contribution in [1.82, 2.24) is 5.09 Å². The molecular weight excluding hydrogens is 1040 g/mol. The van der Waals surface area contributed by atoms with E-state index in [-0.39, 0.29) is 68.0 Å². The summed E-state index contributed by atoms with van der Waals surface area (Å²) >= 11 is 0. The highest BCUT2D eigenvalue weighted by Crippen LogP contribution is 2.46. The van der Waals surface area contributed by atoms with E-state index in [1.165, 1.54) is 7.11 Å². The number of carbonyl (C=O) groups excluding carboxylic acids is 4. The Hall–Kier alpha value is -6.50. The van der Waals surface area contributed by atoms with Crippen LogP contribution in [0.5, 0.6) is 34.5 Å².